The fourth-order valence-electron chi connectivity index (χ4n) is 4.52. The number of carbonyl (C=O) groups excluding carboxylic acids is 3. The Labute approximate surface area is 244 Å². The fraction of sp³-hybridized carbons (Fsp3) is 0.207. The number of rotatable bonds is 10. The van der Waals surface area contributed by atoms with E-state index < -0.39 is 40.3 Å². The molecule has 3 aromatic carbocycles. The zero-order valence-corrected chi connectivity index (χ0v) is 23.4. The Balaban J connectivity index is 1.40. The lowest BCUT2D eigenvalue weighted by Crippen LogP contribution is -2.69. The van der Waals surface area contributed by atoms with Crippen molar-refractivity contribution < 1.29 is 28.8 Å². The number of hydrogen-bond donors (Lipinski definition) is 1. The molecule has 2 aliphatic rings. The van der Waals surface area contributed by atoms with E-state index in [1.165, 1.54) is 29.7 Å². The molecule has 0 aromatic heterocycles. The maximum atomic E-state index is 13.8. The Bertz CT molecular complexity index is 1460. The number of benzene rings is 3. The van der Waals surface area contributed by atoms with Crippen LogP contribution in [0.2, 0.25) is 0 Å². The van der Waals surface area contributed by atoms with Gasteiger partial charge in [-0.2, -0.15) is 0 Å². The summed E-state index contributed by atoms with van der Waals surface area (Å²) in [5.74, 6) is -1.30. The monoisotopic (exact) mass is 591 g/mol. The van der Waals surface area contributed by atoms with Crippen LogP contribution in [0.15, 0.2) is 101 Å². The topological polar surface area (TPSA) is 128 Å². The molecule has 0 unspecified atom stereocenters. The maximum Gasteiger partial charge on any atom is 0.356 e. The third-order valence-corrected chi connectivity index (χ3v) is 8.75. The summed E-state index contributed by atoms with van der Waals surface area (Å²) in [4.78, 5) is 51.4. The molecular weight excluding hydrogens is 566 g/mol. The van der Waals surface area contributed by atoms with Crippen molar-refractivity contribution in [3.8, 4) is 0 Å². The van der Waals surface area contributed by atoms with Crippen molar-refractivity contribution in [2.75, 3.05) is 12.4 Å². The average Bonchev–Trinajstić information content (AvgIpc) is 2.99. The highest BCUT2D eigenvalue weighted by atomic mass is 32.2. The number of nitrogens with zero attached hydrogens (tertiary/aromatic N) is 2. The summed E-state index contributed by atoms with van der Waals surface area (Å²) in [6.45, 7) is 1.11. The van der Waals surface area contributed by atoms with Crippen LogP contribution in [0.4, 0.5) is 5.69 Å². The van der Waals surface area contributed by atoms with Gasteiger partial charge in [-0.3, -0.25) is 24.6 Å². The Morgan fingerprint density at radius 2 is 1.66 bits per heavy atom. The van der Waals surface area contributed by atoms with Gasteiger partial charge in [0.2, 0.25) is 5.91 Å². The molecule has 5 rings (SSSR count). The van der Waals surface area contributed by atoms with E-state index in [0.717, 1.165) is 23.1 Å². The van der Waals surface area contributed by atoms with E-state index >= 15 is 0 Å². The molecule has 2 heterocycles. The first-order valence-electron chi connectivity index (χ1n) is 12.6. The van der Waals surface area contributed by atoms with E-state index in [9.17, 15) is 24.5 Å². The molecule has 0 saturated carbocycles. The molecule has 41 heavy (non-hydrogen) atoms. The van der Waals surface area contributed by atoms with Gasteiger partial charge in [0.25, 0.3) is 5.69 Å². The molecular formula is C29H25N3O7S2. The van der Waals surface area contributed by atoms with Crippen molar-refractivity contribution in [2.45, 2.75) is 29.3 Å². The highest BCUT2D eigenvalue weighted by Crippen LogP contribution is 2.43. The van der Waals surface area contributed by atoms with Crippen molar-refractivity contribution in [2.24, 2.45) is 0 Å². The zero-order valence-electron chi connectivity index (χ0n) is 21.8. The van der Waals surface area contributed by atoms with Crippen LogP contribution in [-0.4, -0.2) is 51.4 Å². The summed E-state index contributed by atoms with van der Waals surface area (Å²) in [7, 11) is 0. The number of amides is 1. The molecule has 12 heteroatoms. The number of thioether (sulfide) groups is 1. The van der Waals surface area contributed by atoms with Gasteiger partial charge in [0, 0.05) is 24.3 Å². The minimum Gasteiger partial charge on any atom is -0.461 e. The Kier molecular flexibility index (Phi) is 8.72. The third-order valence-electron chi connectivity index (χ3n) is 6.48. The molecule has 1 fully saturated rings. The first-order valence-corrected chi connectivity index (χ1v) is 14.5. The maximum absolute atomic E-state index is 13.8. The van der Waals surface area contributed by atoms with E-state index in [-0.39, 0.29) is 18.0 Å². The molecule has 0 bridgehead atoms. The highest BCUT2D eigenvalue weighted by molar-refractivity contribution is 8.00. The van der Waals surface area contributed by atoms with Crippen LogP contribution in [0.5, 0.6) is 0 Å². The van der Waals surface area contributed by atoms with Gasteiger partial charge in [0.15, 0.2) is 6.10 Å². The van der Waals surface area contributed by atoms with Gasteiger partial charge in [-0.05, 0) is 29.1 Å². The number of β-lactam (4-membered cyclic amide) rings is 1. The number of nitrogens with one attached hydrogen (secondary N) is 1. The first-order chi connectivity index (χ1) is 19.8. The van der Waals surface area contributed by atoms with Gasteiger partial charge in [0.1, 0.15) is 28.6 Å². The normalized spacial score (nSPS) is 18.0. The van der Waals surface area contributed by atoms with Crippen molar-refractivity contribution in [1.82, 2.24) is 9.62 Å². The molecule has 2 atom stereocenters. The fourth-order valence-corrected chi connectivity index (χ4v) is 6.81. The van der Waals surface area contributed by atoms with Crippen LogP contribution in [0.1, 0.15) is 24.2 Å². The SMILES string of the molecule is CC(=O)OCC1=C(C(=O)OC(c2ccccc2)c2ccccc2)N2C(=O)[C@@H](NSc3ccccc3[N+](=O)[O-])[C@@H]2SC1. The second kappa shape index (κ2) is 12.6. The highest BCUT2D eigenvalue weighted by Gasteiger charge is 2.54. The van der Waals surface area contributed by atoms with Crippen LogP contribution in [0.3, 0.4) is 0 Å². The molecule has 1 saturated heterocycles. The van der Waals surface area contributed by atoms with Gasteiger partial charge in [-0.15, -0.1) is 11.8 Å². The van der Waals surface area contributed by atoms with Crippen molar-refractivity contribution in [3.63, 3.8) is 0 Å². The molecule has 0 radical (unpaired) electrons. The summed E-state index contributed by atoms with van der Waals surface area (Å²) in [6, 6.07) is 24.1. The second-order valence-corrected chi connectivity index (χ2v) is 11.2. The molecule has 210 valence electrons. The van der Waals surface area contributed by atoms with Crippen LogP contribution in [-0.2, 0) is 23.9 Å². The number of nitro groups is 1. The summed E-state index contributed by atoms with van der Waals surface area (Å²) in [5, 5.41) is 10.9. The van der Waals surface area contributed by atoms with Gasteiger partial charge >= 0.3 is 11.9 Å². The van der Waals surface area contributed by atoms with Crippen molar-refractivity contribution in [1.29, 1.82) is 0 Å². The lowest BCUT2D eigenvalue weighted by molar-refractivity contribution is -0.387. The van der Waals surface area contributed by atoms with Crippen LogP contribution >= 0.6 is 23.7 Å². The smallest absolute Gasteiger partial charge is 0.356 e. The Morgan fingerprint density at radius 3 is 2.27 bits per heavy atom. The Morgan fingerprint density at radius 1 is 1.05 bits per heavy atom. The van der Waals surface area contributed by atoms with Crippen molar-refractivity contribution >= 4 is 47.2 Å². The average molecular weight is 592 g/mol. The van der Waals surface area contributed by atoms with Crippen LogP contribution in [0.25, 0.3) is 0 Å². The van der Waals surface area contributed by atoms with E-state index in [1.54, 1.807) is 18.2 Å². The summed E-state index contributed by atoms with van der Waals surface area (Å²) in [6.07, 6.45) is -0.736. The van der Waals surface area contributed by atoms with Crippen molar-refractivity contribution in [3.05, 3.63) is 117 Å². The number of nitro benzene ring substituents is 1. The van der Waals surface area contributed by atoms with E-state index in [1.807, 2.05) is 60.7 Å². The number of fused-ring (bicyclic) bond motifs is 1. The lowest BCUT2D eigenvalue weighted by Gasteiger charge is -2.49. The van der Waals surface area contributed by atoms with E-state index in [0.29, 0.717) is 16.2 Å². The lowest BCUT2D eigenvalue weighted by atomic mass is 10.0. The van der Waals surface area contributed by atoms with Gasteiger partial charge in [0.05, 0.1) is 4.92 Å². The molecule has 3 aromatic rings. The van der Waals surface area contributed by atoms with Crippen LogP contribution in [0, 0.1) is 10.1 Å². The standard InChI is InChI=1S/C29H25N3O7S2/c1-18(33)38-16-21-17-40-28-24(30-41-23-15-9-8-14-22(23)32(36)37)27(34)31(28)25(21)29(35)39-26(19-10-4-2-5-11-19)20-12-6-3-7-13-20/h2-15,24,26,28,30H,16-17H2,1H3/t24-,28+/m1/s1. The molecule has 2 aliphatic heterocycles. The van der Waals surface area contributed by atoms with E-state index in [4.69, 9.17) is 9.47 Å². The zero-order chi connectivity index (χ0) is 28.9. The third kappa shape index (κ3) is 6.14. The summed E-state index contributed by atoms with van der Waals surface area (Å²) in [5.41, 5.74) is 1.94. The first kappa shape index (κ1) is 28.4. The predicted molar refractivity (Wildman–Crippen MR) is 153 cm³/mol. The molecule has 0 spiro atoms. The minimum absolute atomic E-state index is 0.0469. The number of para-hydroxylation sites is 1. The Hall–Kier alpha value is -4.13. The van der Waals surface area contributed by atoms with Gasteiger partial charge in [-0.1, -0.05) is 72.8 Å². The molecule has 1 N–H and O–H groups in total. The van der Waals surface area contributed by atoms with Crippen LogP contribution < -0.4 is 4.72 Å². The number of carbonyl (C=O) groups is 3. The summed E-state index contributed by atoms with van der Waals surface area (Å²) < 4.78 is 14.3. The van der Waals surface area contributed by atoms with E-state index in [2.05, 4.69) is 4.72 Å². The molecule has 1 amide bonds. The predicted octanol–water partition coefficient (Wildman–Crippen LogP) is 4.63. The van der Waals surface area contributed by atoms with Gasteiger partial charge in [-0.25, -0.2) is 9.52 Å². The quantitative estimate of drug-likeness (QED) is 0.117. The number of hydrogen-bond acceptors (Lipinski definition) is 10. The molecule has 10 nitrogen and oxygen atoms in total. The number of ether oxygens (including phenoxy) is 2. The summed E-state index contributed by atoms with van der Waals surface area (Å²) >= 11 is 2.40. The largest absolute Gasteiger partial charge is 0.461 e. The minimum atomic E-state index is -0.736. The second-order valence-electron chi connectivity index (χ2n) is 9.17. The molecule has 0 aliphatic carbocycles. The van der Waals surface area contributed by atoms with Gasteiger partial charge < -0.3 is 9.47 Å². The number of esters is 2.